The number of aryl methyl sites for hydroxylation is 1. The molecule has 0 saturated carbocycles. The number of hydrogen-bond donors (Lipinski definition) is 1. The molecule has 1 aromatic heterocycles. The van der Waals surface area contributed by atoms with Gasteiger partial charge in [0.2, 0.25) is 0 Å². The van der Waals surface area contributed by atoms with Gasteiger partial charge in [0.15, 0.2) is 0 Å². The third-order valence-electron chi connectivity index (χ3n) is 2.64. The van der Waals surface area contributed by atoms with Crippen molar-refractivity contribution in [2.24, 2.45) is 0 Å². The van der Waals surface area contributed by atoms with Gasteiger partial charge in [0.25, 0.3) is 11.6 Å². The Kier molecular flexibility index (Phi) is 7.14. The van der Waals surface area contributed by atoms with Crippen LogP contribution in [0.15, 0.2) is 10.9 Å². The zero-order valence-corrected chi connectivity index (χ0v) is 11.9. The van der Waals surface area contributed by atoms with Crippen molar-refractivity contribution in [3.63, 3.8) is 0 Å². The Balaban J connectivity index is 2.39. The van der Waals surface area contributed by atoms with Gasteiger partial charge in [-0.05, 0) is 26.8 Å². The molecule has 1 heterocycles. The van der Waals surface area contributed by atoms with E-state index in [1.54, 1.807) is 6.92 Å². The average molecular weight is 269 g/mol. The minimum Gasteiger partial charge on any atom is -0.468 e. The summed E-state index contributed by atoms with van der Waals surface area (Å²) in [7, 11) is 1.52. The number of rotatable bonds is 9. The highest BCUT2D eigenvalue weighted by molar-refractivity contribution is 5.06. The van der Waals surface area contributed by atoms with Gasteiger partial charge >= 0.3 is 0 Å². The fraction of sp³-hybridized carbons (Fsp3) is 0.692. The van der Waals surface area contributed by atoms with Crippen LogP contribution in [0.1, 0.15) is 19.0 Å². The highest BCUT2D eigenvalue weighted by atomic mass is 16.5. The quantitative estimate of drug-likeness (QED) is 0.664. The topological polar surface area (TPSA) is 65.4 Å². The minimum atomic E-state index is -0.0829. The molecule has 108 valence electrons. The maximum absolute atomic E-state index is 11.8. The first-order valence-electron chi connectivity index (χ1n) is 6.60. The first kappa shape index (κ1) is 15.7. The first-order valence-corrected chi connectivity index (χ1v) is 6.60. The molecule has 0 atom stereocenters. The van der Waals surface area contributed by atoms with Gasteiger partial charge in [0, 0.05) is 38.1 Å². The van der Waals surface area contributed by atoms with Crippen molar-refractivity contribution < 1.29 is 9.47 Å². The molecule has 0 aliphatic rings. The fourth-order valence-corrected chi connectivity index (χ4v) is 1.72. The van der Waals surface area contributed by atoms with E-state index in [2.05, 4.69) is 10.3 Å². The third kappa shape index (κ3) is 5.40. The number of nitrogens with one attached hydrogen (secondary N) is 1. The number of aromatic nitrogens is 2. The predicted octanol–water partition coefficient (Wildman–Crippen LogP) is 0.577. The third-order valence-corrected chi connectivity index (χ3v) is 2.64. The van der Waals surface area contributed by atoms with E-state index < -0.39 is 0 Å². The zero-order chi connectivity index (χ0) is 14.1. The summed E-state index contributed by atoms with van der Waals surface area (Å²) < 4.78 is 11.9. The summed E-state index contributed by atoms with van der Waals surface area (Å²) in [5.74, 6) is 0. The van der Waals surface area contributed by atoms with Crippen LogP contribution in [-0.4, -0.2) is 43.0 Å². The van der Waals surface area contributed by atoms with Gasteiger partial charge in [-0.15, -0.1) is 0 Å². The molecule has 0 aliphatic heterocycles. The van der Waals surface area contributed by atoms with Crippen molar-refractivity contribution in [2.75, 3.05) is 33.4 Å². The van der Waals surface area contributed by atoms with Crippen molar-refractivity contribution in [2.45, 2.75) is 26.8 Å². The van der Waals surface area contributed by atoms with Crippen molar-refractivity contribution in [1.29, 1.82) is 0 Å². The second-order valence-corrected chi connectivity index (χ2v) is 4.17. The van der Waals surface area contributed by atoms with E-state index in [0.717, 1.165) is 26.2 Å². The van der Waals surface area contributed by atoms with Crippen molar-refractivity contribution >= 4 is 0 Å². The summed E-state index contributed by atoms with van der Waals surface area (Å²) in [4.78, 5) is 16.0. The summed E-state index contributed by atoms with van der Waals surface area (Å²) in [6.07, 6.45) is 0.964. The molecule has 19 heavy (non-hydrogen) atoms. The zero-order valence-electron chi connectivity index (χ0n) is 11.9. The molecule has 1 N–H and O–H groups in total. The van der Waals surface area contributed by atoms with Gasteiger partial charge in [0.05, 0.1) is 7.11 Å². The van der Waals surface area contributed by atoms with Crippen molar-refractivity contribution in [3.8, 4) is 6.01 Å². The molecule has 1 rings (SSSR count). The summed E-state index contributed by atoms with van der Waals surface area (Å²) in [6, 6.07) is 1.87. The van der Waals surface area contributed by atoms with E-state index in [-0.39, 0.29) is 5.56 Å². The Bertz CT molecular complexity index is 432. The molecule has 0 unspecified atom stereocenters. The first-order chi connectivity index (χ1) is 9.19. The molecule has 0 saturated heterocycles. The minimum absolute atomic E-state index is 0.0829. The van der Waals surface area contributed by atoms with Crippen LogP contribution in [0.25, 0.3) is 0 Å². The Hall–Kier alpha value is -1.40. The van der Waals surface area contributed by atoms with E-state index in [9.17, 15) is 4.79 Å². The highest BCUT2D eigenvalue weighted by Crippen LogP contribution is 2.03. The van der Waals surface area contributed by atoms with Crippen LogP contribution in [0.5, 0.6) is 6.01 Å². The SMILES string of the molecule is CCOCCCNCCn1c(OC)nc(C)cc1=O. The molecule has 1 aromatic rings. The Morgan fingerprint density at radius 3 is 2.89 bits per heavy atom. The molecule has 0 bridgehead atoms. The standard InChI is InChI=1S/C13H23N3O3/c1-4-19-9-5-6-14-7-8-16-12(17)10-11(2)15-13(16)18-3/h10,14H,4-9H2,1-3H3. The van der Waals surface area contributed by atoms with E-state index in [4.69, 9.17) is 9.47 Å². The van der Waals surface area contributed by atoms with Gasteiger partial charge in [-0.25, -0.2) is 4.98 Å². The van der Waals surface area contributed by atoms with Crippen LogP contribution < -0.4 is 15.6 Å². The molecular weight excluding hydrogens is 246 g/mol. The molecule has 0 amide bonds. The van der Waals surface area contributed by atoms with Gasteiger partial charge in [-0.1, -0.05) is 0 Å². The van der Waals surface area contributed by atoms with Gasteiger partial charge in [-0.3, -0.25) is 9.36 Å². The van der Waals surface area contributed by atoms with E-state index in [1.807, 2.05) is 6.92 Å². The van der Waals surface area contributed by atoms with Gasteiger partial charge in [-0.2, -0.15) is 0 Å². The number of methoxy groups -OCH3 is 1. The Morgan fingerprint density at radius 1 is 1.42 bits per heavy atom. The molecule has 0 radical (unpaired) electrons. The lowest BCUT2D eigenvalue weighted by Gasteiger charge is -2.11. The van der Waals surface area contributed by atoms with Crippen molar-refractivity contribution in [1.82, 2.24) is 14.9 Å². The molecule has 6 nitrogen and oxygen atoms in total. The van der Waals surface area contributed by atoms with Crippen LogP contribution in [0.2, 0.25) is 0 Å². The van der Waals surface area contributed by atoms with Gasteiger partial charge in [0.1, 0.15) is 0 Å². The van der Waals surface area contributed by atoms with Crippen LogP contribution in [0, 0.1) is 6.92 Å². The number of nitrogens with zero attached hydrogens (tertiary/aromatic N) is 2. The normalized spacial score (nSPS) is 10.7. The second kappa shape index (κ2) is 8.66. The summed E-state index contributed by atoms with van der Waals surface area (Å²) in [5.41, 5.74) is 0.586. The smallest absolute Gasteiger partial charge is 0.299 e. The van der Waals surface area contributed by atoms with Crippen molar-refractivity contribution in [3.05, 3.63) is 22.1 Å². The Labute approximate surface area is 113 Å². The van der Waals surface area contributed by atoms with E-state index in [0.29, 0.717) is 24.8 Å². The molecule has 0 aliphatic carbocycles. The summed E-state index contributed by atoms with van der Waals surface area (Å²) >= 11 is 0. The molecular formula is C13H23N3O3. The summed E-state index contributed by atoms with van der Waals surface area (Å²) in [5, 5.41) is 3.26. The lowest BCUT2D eigenvalue weighted by molar-refractivity contribution is 0.144. The van der Waals surface area contributed by atoms with Crippen LogP contribution in [-0.2, 0) is 11.3 Å². The maximum atomic E-state index is 11.8. The fourth-order valence-electron chi connectivity index (χ4n) is 1.72. The van der Waals surface area contributed by atoms with E-state index >= 15 is 0 Å². The largest absolute Gasteiger partial charge is 0.468 e. The molecule has 0 aromatic carbocycles. The second-order valence-electron chi connectivity index (χ2n) is 4.17. The molecule has 6 heteroatoms. The maximum Gasteiger partial charge on any atom is 0.299 e. The lowest BCUT2D eigenvalue weighted by Crippen LogP contribution is -2.29. The van der Waals surface area contributed by atoms with Crippen LogP contribution >= 0.6 is 0 Å². The number of hydrogen-bond acceptors (Lipinski definition) is 5. The highest BCUT2D eigenvalue weighted by Gasteiger charge is 2.06. The monoisotopic (exact) mass is 269 g/mol. The number of ether oxygens (including phenoxy) is 2. The molecule has 0 spiro atoms. The lowest BCUT2D eigenvalue weighted by atomic mass is 10.4. The average Bonchev–Trinajstić information content (AvgIpc) is 2.39. The van der Waals surface area contributed by atoms with Crippen LogP contribution in [0.3, 0.4) is 0 Å². The van der Waals surface area contributed by atoms with Gasteiger partial charge < -0.3 is 14.8 Å². The van der Waals surface area contributed by atoms with Crippen LogP contribution in [0.4, 0.5) is 0 Å². The summed E-state index contributed by atoms with van der Waals surface area (Å²) in [6.45, 7) is 7.39. The Morgan fingerprint density at radius 2 is 2.21 bits per heavy atom. The molecule has 0 fully saturated rings. The van der Waals surface area contributed by atoms with E-state index in [1.165, 1.54) is 17.7 Å². The predicted molar refractivity (Wildman–Crippen MR) is 73.8 cm³/mol.